The van der Waals surface area contributed by atoms with Gasteiger partial charge in [0.1, 0.15) is 18.3 Å². The number of sulfonamides is 1. The average molecular weight is 586 g/mol. The highest BCUT2D eigenvalue weighted by Crippen LogP contribution is 2.28. The Bertz CT molecular complexity index is 1380. The Morgan fingerprint density at radius 1 is 0.950 bits per heavy atom. The Hall–Kier alpha value is -3.56. The molecule has 40 heavy (non-hydrogen) atoms. The van der Waals surface area contributed by atoms with E-state index in [1.54, 1.807) is 30.3 Å². The van der Waals surface area contributed by atoms with E-state index in [1.807, 2.05) is 51.1 Å². The van der Waals surface area contributed by atoms with Crippen molar-refractivity contribution in [2.45, 2.75) is 57.1 Å². The van der Waals surface area contributed by atoms with Gasteiger partial charge < -0.3 is 15.0 Å². The van der Waals surface area contributed by atoms with E-state index in [-0.39, 0.29) is 29.1 Å². The molecule has 0 saturated heterocycles. The second-order valence-corrected chi connectivity index (χ2v) is 11.7. The zero-order chi connectivity index (χ0) is 29.3. The van der Waals surface area contributed by atoms with E-state index < -0.39 is 28.5 Å². The standard InChI is InChI=1S/C30H36ClN3O5S/c1-5-22(3)32-30(36)28(6-2)33(20-23-11-8-7-9-12-23)29(35)21-34(25-14-10-13-24(31)19-25)40(37,38)27-17-15-26(39-4)16-18-27/h7-19,22,28H,5-6,20-21H2,1-4H3,(H,32,36). The number of methoxy groups -OCH3 is 1. The smallest absolute Gasteiger partial charge is 0.264 e. The van der Waals surface area contributed by atoms with Crippen LogP contribution in [0.5, 0.6) is 5.75 Å². The molecule has 0 heterocycles. The minimum atomic E-state index is -4.20. The first-order chi connectivity index (χ1) is 19.1. The predicted molar refractivity (Wildman–Crippen MR) is 158 cm³/mol. The van der Waals surface area contributed by atoms with Gasteiger partial charge in [0, 0.05) is 17.6 Å². The number of hydrogen-bond donors (Lipinski definition) is 1. The topological polar surface area (TPSA) is 96.0 Å². The molecular weight excluding hydrogens is 550 g/mol. The van der Waals surface area contributed by atoms with Crippen LogP contribution >= 0.6 is 11.6 Å². The predicted octanol–water partition coefficient (Wildman–Crippen LogP) is 5.27. The minimum absolute atomic E-state index is 0.0164. The normalized spacial score (nSPS) is 12.7. The van der Waals surface area contributed by atoms with Crippen LogP contribution in [0.3, 0.4) is 0 Å². The third-order valence-corrected chi connectivity index (χ3v) is 8.63. The summed E-state index contributed by atoms with van der Waals surface area (Å²) in [6, 6.07) is 20.7. The van der Waals surface area contributed by atoms with E-state index in [2.05, 4.69) is 5.32 Å². The molecule has 0 fully saturated rings. The Morgan fingerprint density at radius 3 is 2.20 bits per heavy atom. The first-order valence-corrected chi connectivity index (χ1v) is 15.0. The number of hydrogen-bond acceptors (Lipinski definition) is 5. The molecule has 0 spiro atoms. The van der Waals surface area contributed by atoms with Gasteiger partial charge in [-0.05, 0) is 67.8 Å². The third kappa shape index (κ3) is 7.76. The van der Waals surface area contributed by atoms with E-state index in [9.17, 15) is 18.0 Å². The Morgan fingerprint density at radius 2 is 1.62 bits per heavy atom. The molecule has 3 aromatic carbocycles. The summed E-state index contributed by atoms with van der Waals surface area (Å²) in [4.78, 5) is 28.8. The summed E-state index contributed by atoms with van der Waals surface area (Å²) in [5.74, 6) is -0.308. The second-order valence-electron chi connectivity index (χ2n) is 9.42. The minimum Gasteiger partial charge on any atom is -0.497 e. The van der Waals surface area contributed by atoms with Crippen LogP contribution in [-0.4, -0.2) is 50.9 Å². The molecule has 0 aliphatic rings. The molecule has 10 heteroatoms. The molecule has 3 aromatic rings. The van der Waals surface area contributed by atoms with Crippen molar-refractivity contribution in [2.24, 2.45) is 0 Å². The largest absolute Gasteiger partial charge is 0.497 e. The summed E-state index contributed by atoms with van der Waals surface area (Å²) in [6.07, 6.45) is 1.08. The van der Waals surface area contributed by atoms with Gasteiger partial charge in [-0.25, -0.2) is 8.42 Å². The van der Waals surface area contributed by atoms with Crippen molar-refractivity contribution < 1.29 is 22.7 Å². The highest BCUT2D eigenvalue weighted by molar-refractivity contribution is 7.92. The molecule has 214 valence electrons. The van der Waals surface area contributed by atoms with Crippen LogP contribution in [0.4, 0.5) is 5.69 Å². The summed E-state index contributed by atoms with van der Waals surface area (Å²) in [5.41, 5.74) is 1.05. The second kappa shape index (κ2) is 14.2. The van der Waals surface area contributed by atoms with Crippen molar-refractivity contribution in [3.63, 3.8) is 0 Å². The zero-order valence-electron chi connectivity index (χ0n) is 23.2. The van der Waals surface area contributed by atoms with Crippen LogP contribution in [0.15, 0.2) is 83.8 Å². The van der Waals surface area contributed by atoms with Crippen LogP contribution in [0.1, 0.15) is 39.2 Å². The summed E-state index contributed by atoms with van der Waals surface area (Å²) < 4.78 is 34.0. The summed E-state index contributed by atoms with van der Waals surface area (Å²) >= 11 is 6.22. The maximum atomic E-state index is 14.0. The molecule has 0 aliphatic heterocycles. The number of amides is 2. The van der Waals surface area contributed by atoms with Gasteiger partial charge >= 0.3 is 0 Å². The molecule has 2 unspecified atom stereocenters. The van der Waals surface area contributed by atoms with Gasteiger partial charge in [-0.2, -0.15) is 0 Å². The summed E-state index contributed by atoms with van der Waals surface area (Å²) in [5, 5.41) is 3.29. The number of ether oxygens (including phenoxy) is 1. The fourth-order valence-corrected chi connectivity index (χ4v) is 5.77. The lowest BCUT2D eigenvalue weighted by atomic mass is 10.1. The highest BCUT2D eigenvalue weighted by Gasteiger charge is 2.34. The Labute approximate surface area is 241 Å². The van der Waals surface area contributed by atoms with Crippen LogP contribution in [0.2, 0.25) is 5.02 Å². The van der Waals surface area contributed by atoms with Crippen molar-refractivity contribution in [2.75, 3.05) is 18.0 Å². The fourth-order valence-electron chi connectivity index (χ4n) is 4.18. The van der Waals surface area contributed by atoms with E-state index in [4.69, 9.17) is 16.3 Å². The molecule has 0 radical (unpaired) electrons. The first kappa shape index (κ1) is 31.0. The number of nitrogens with one attached hydrogen (secondary N) is 1. The van der Waals surface area contributed by atoms with Crippen molar-refractivity contribution >= 4 is 39.1 Å². The molecule has 2 atom stereocenters. The average Bonchev–Trinajstić information content (AvgIpc) is 2.96. The quantitative estimate of drug-likeness (QED) is 0.295. The number of anilines is 1. The maximum absolute atomic E-state index is 14.0. The summed E-state index contributed by atoms with van der Waals surface area (Å²) in [6.45, 7) is 5.30. The van der Waals surface area contributed by atoms with Crippen molar-refractivity contribution in [3.05, 3.63) is 89.4 Å². The molecule has 2 amide bonds. The van der Waals surface area contributed by atoms with Gasteiger partial charge in [0.25, 0.3) is 10.0 Å². The van der Waals surface area contributed by atoms with Crippen molar-refractivity contribution in [1.29, 1.82) is 0 Å². The number of halogens is 1. The fraction of sp³-hybridized carbons (Fsp3) is 0.333. The van der Waals surface area contributed by atoms with Crippen molar-refractivity contribution in [3.8, 4) is 5.75 Å². The molecule has 0 bridgehead atoms. The number of nitrogens with zero attached hydrogens (tertiary/aromatic N) is 2. The van der Waals surface area contributed by atoms with Gasteiger partial charge in [0.15, 0.2) is 0 Å². The zero-order valence-corrected chi connectivity index (χ0v) is 24.8. The third-order valence-electron chi connectivity index (χ3n) is 6.61. The van der Waals surface area contributed by atoms with Crippen LogP contribution in [-0.2, 0) is 26.2 Å². The summed E-state index contributed by atoms with van der Waals surface area (Å²) in [7, 11) is -2.71. The number of carbonyl (C=O) groups is 2. The highest BCUT2D eigenvalue weighted by atomic mass is 35.5. The van der Waals surface area contributed by atoms with Gasteiger partial charge in [-0.1, -0.05) is 61.8 Å². The monoisotopic (exact) mass is 585 g/mol. The van der Waals surface area contributed by atoms with Crippen LogP contribution in [0.25, 0.3) is 0 Å². The van der Waals surface area contributed by atoms with Gasteiger partial charge in [0.05, 0.1) is 17.7 Å². The van der Waals surface area contributed by atoms with E-state index in [0.29, 0.717) is 17.2 Å². The van der Waals surface area contributed by atoms with Gasteiger partial charge in [-0.15, -0.1) is 0 Å². The molecule has 1 N–H and O–H groups in total. The first-order valence-electron chi connectivity index (χ1n) is 13.2. The van der Waals surface area contributed by atoms with Crippen LogP contribution < -0.4 is 14.4 Å². The molecular formula is C30H36ClN3O5S. The number of rotatable bonds is 13. The van der Waals surface area contributed by atoms with Gasteiger partial charge in [0.2, 0.25) is 11.8 Å². The lowest BCUT2D eigenvalue weighted by molar-refractivity contribution is -0.140. The Kier molecular flexibility index (Phi) is 11.0. The van der Waals surface area contributed by atoms with E-state index in [0.717, 1.165) is 16.3 Å². The Balaban J connectivity index is 2.05. The molecule has 3 rings (SSSR count). The van der Waals surface area contributed by atoms with Crippen LogP contribution in [0, 0.1) is 0 Å². The SMILES string of the molecule is CCC(C)NC(=O)C(CC)N(Cc1ccccc1)C(=O)CN(c1cccc(Cl)c1)S(=O)(=O)c1ccc(OC)cc1. The maximum Gasteiger partial charge on any atom is 0.264 e. The molecule has 8 nitrogen and oxygen atoms in total. The van der Waals surface area contributed by atoms with E-state index in [1.165, 1.54) is 30.2 Å². The molecule has 0 saturated carbocycles. The number of carbonyl (C=O) groups excluding carboxylic acids is 2. The lowest BCUT2D eigenvalue weighted by Crippen LogP contribution is -2.53. The molecule has 0 aromatic heterocycles. The number of benzene rings is 3. The van der Waals surface area contributed by atoms with E-state index >= 15 is 0 Å². The van der Waals surface area contributed by atoms with Gasteiger partial charge in [-0.3, -0.25) is 13.9 Å². The van der Waals surface area contributed by atoms with Crippen molar-refractivity contribution in [1.82, 2.24) is 10.2 Å². The lowest BCUT2D eigenvalue weighted by Gasteiger charge is -2.33. The molecule has 0 aliphatic carbocycles.